The number of rotatable bonds is 5. The summed E-state index contributed by atoms with van der Waals surface area (Å²) in [5.41, 5.74) is 3.95. The van der Waals surface area contributed by atoms with Crippen LogP contribution in [0.15, 0.2) is 34.9 Å². The molecule has 2 aromatic heterocycles. The van der Waals surface area contributed by atoms with Gasteiger partial charge in [0, 0.05) is 24.8 Å². The number of oxazole rings is 1. The second-order valence-corrected chi connectivity index (χ2v) is 4.64. The highest BCUT2D eigenvalue weighted by atomic mass is 16.3. The van der Waals surface area contributed by atoms with E-state index >= 15 is 0 Å². The van der Waals surface area contributed by atoms with Gasteiger partial charge in [-0.1, -0.05) is 6.92 Å². The number of anilines is 1. The van der Waals surface area contributed by atoms with Gasteiger partial charge in [-0.05, 0) is 31.2 Å². The molecule has 2 heterocycles. The van der Waals surface area contributed by atoms with E-state index < -0.39 is 0 Å². The smallest absolute Gasteiger partial charge is 0.195 e. The number of hydrogen-bond acceptors (Lipinski definition) is 4. The van der Waals surface area contributed by atoms with Crippen molar-refractivity contribution in [3.63, 3.8) is 0 Å². The molecule has 1 N–H and O–H groups in total. The van der Waals surface area contributed by atoms with Crippen LogP contribution in [0.5, 0.6) is 0 Å². The van der Waals surface area contributed by atoms with Gasteiger partial charge >= 0.3 is 0 Å². The van der Waals surface area contributed by atoms with Gasteiger partial charge in [-0.2, -0.15) is 5.10 Å². The monoisotopic (exact) mass is 270 g/mol. The third-order valence-corrected chi connectivity index (χ3v) is 3.31. The van der Waals surface area contributed by atoms with Crippen LogP contribution in [0.2, 0.25) is 0 Å². The summed E-state index contributed by atoms with van der Waals surface area (Å²) in [6.07, 6.45) is 2.64. The molecule has 5 heteroatoms. The van der Waals surface area contributed by atoms with Crippen LogP contribution >= 0.6 is 0 Å². The van der Waals surface area contributed by atoms with Crippen molar-refractivity contribution in [1.29, 1.82) is 0 Å². The zero-order valence-electron chi connectivity index (χ0n) is 11.8. The van der Waals surface area contributed by atoms with Crippen molar-refractivity contribution in [2.45, 2.75) is 33.4 Å². The van der Waals surface area contributed by atoms with E-state index in [-0.39, 0.29) is 0 Å². The first-order valence-electron chi connectivity index (χ1n) is 6.94. The van der Waals surface area contributed by atoms with Crippen LogP contribution in [0.1, 0.15) is 25.4 Å². The maximum Gasteiger partial charge on any atom is 0.195 e. The second kappa shape index (κ2) is 5.36. The lowest BCUT2D eigenvalue weighted by Crippen LogP contribution is -2.07. The van der Waals surface area contributed by atoms with E-state index in [2.05, 4.69) is 22.3 Å². The molecule has 0 saturated carbocycles. The van der Waals surface area contributed by atoms with Crippen LogP contribution < -0.4 is 5.32 Å². The Morgan fingerprint density at radius 3 is 2.95 bits per heavy atom. The zero-order valence-corrected chi connectivity index (χ0v) is 11.8. The van der Waals surface area contributed by atoms with E-state index in [1.165, 1.54) is 5.69 Å². The average Bonchev–Trinajstić information content (AvgIpc) is 3.10. The van der Waals surface area contributed by atoms with Gasteiger partial charge < -0.3 is 9.73 Å². The molecule has 0 bridgehead atoms. The van der Waals surface area contributed by atoms with Crippen molar-refractivity contribution in [3.05, 3.63) is 42.0 Å². The number of benzene rings is 1. The van der Waals surface area contributed by atoms with Gasteiger partial charge in [0.2, 0.25) is 0 Å². The lowest BCUT2D eigenvalue weighted by atomic mass is 10.3. The minimum Gasteiger partial charge on any atom is -0.441 e. The SMILES string of the molecule is CCc1nc2cc(NCc3ccnn3CC)ccc2o1. The highest BCUT2D eigenvalue weighted by molar-refractivity contribution is 5.77. The Bertz CT molecular complexity index is 714. The molecule has 20 heavy (non-hydrogen) atoms. The van der Waals surface area contributed by atoms with E-state index in [0.717, 1.165) is 42.2 Å². The largest absolute Gasteiger partial charge is 0.441 e. The second-order valence-electron chi connectivity index (χ2n) is 4.64. The highest BCUT2D eigenvalue weighted by Crippen LogP contribution is 2.20. The molecule has 104 valence electrons. The maximum atomic E-state index is 5.61. The Morgan fingerprint density at radius 1 is 1.25 bits per heavy atom. The summed E-state index contributed by atoms with van der Waals surface area (Å²) in [5, 5.41) is 7.66. The molecule has 0 unspecified atom stereocenters. The Hall–Kier alpha value is -2.30. The summed E-state index contributed by atoms with van der Waals surface area (Å²) in [6.45, 7) is 5.75. The topological polar surface area (TPSA) is 55.9 Å². The van der Waals surface area contributed by atoms with E-state index in [0.29, 0.717) is 0 Å². The molecule has 0 aliphatic heterocycles. The maximum absolute atomic E-state index is 5.61. The third kappa shape index (κ3) is 2.39. The average molecular weight is 270 g/mol. The fourth-order valence-corrected chi connectivity index (χ4v) is 2.22. The molecule has 0 amide bonds. The van der Waals surface area contributed by atoms with Gasteiger partial charge in [0.1, 0.15) is 5.52 Å². The van der Waals surface area contributed by atoms with Crippen LogP contribution in [0, 0.1) is 0 Å². The van der Waals surface area contributed by atoms with Crippen LogP contribution in [0.25, 0.3) is 11.1 Å². The summed E-state index contributed by atoms with van der Waals surface area (Å²) < 4.78 is 7.59. The van der Waals surface area contributed by atoms with Gasteiger partial charge in [0.15, 0.2) is 11.5 Å². The molecule has 5 nitrogen and oxygen atoms in total. The predicted molar refractivity (Wildman–Crippen MR) is 78.6 cm³/mol. The Morgan fingerprint density at radius 2 is 2.15 bits per heavy atom. The molecular formula is C15H18N4O. The molecular weight excluding hydrogens is 252 g/mol. The Balaban J connectivity index is 1.77. The standard InChI is InChI=1S/C15H18N4O/c1-3-15-18-13-9-11(5-6-14(13)20-15)16-10-12-7-8-17-19(12)4-2/h5-9,16H,3-4,10H2,1-2H3. The minimum absolute atomic E-state index is 0.748. The van der Waals surface area contributed by atoms with Crippen molar-refractivity contribution in [1.82, 2.24) is 14.8 Å². The van der Waals surface area contributed by atoms with Crippen molar-refractivity contribution in [2.75, 3.05) is 5.32 Å². The van der Waals surface area contributed by atoms with E-state index in [1.807, 2.05) is 42.1 Å². The molecule has 0 aliphatic carbocycles. The minimum atomic E-state index is 0.748. The molecule has 3 rings (SSSR count). The number of aromatic nitrogens is 3. The molecule has 0 fully saturated rings. The first kappa shape index (κ1) is 12.7. The van der Waals surface area contributed by atoms with E-state index in [4.69, 9.17) is 4.42 Å². The van der Waals surface area contributed by atoms with Crippen molar-refractivity contribution >= 4 is 16.8 Å². The molecule has 3 aromatic rings. The number of nitrogens with zero attached hydrogens (tertiary/aromatic N) is 3. The quantitative estimate of drug-likeness (QED) is 0.773. The van der Waals surface area contributed by atoms with Gasteiger partial charge in [-0.3, -0.25) is 4.68 Å². The molecule has 1 aromatic carbocycles. The number of nitrogens with one attached hydrogen (secondary N) is 1. The van der Waals surface area contributed by atoms with Gasteiger partial charge in [-0.15, -0.1) is 0 Å². The molecule has 0 atom stereocenters. The molecule has 0 spiro atoms. The Kier molecular flexibility index (Phi) is 3.41. The number of fused-ring (bicyclic) bond motifs is 1. The fourth-order valence-electron chi connectivity index (χ4n) is 2.22. The molecule has 0 saturated heterocycles. The van der Waals surface area contributed by atoms with Crippen molar-refractivity contribution < 1.29 is 4.42 Å². The fraction of sp³-hybridized carbons (Fsp3) is 0.333. The lowest BCUT2D eigenvalue weighted by Gasteiger charge is -2.07. The van der Waals surface area contributed by atoms with Crippen LogP contribution in [0.4, 0.5) is 5.69 Å². The van der Waals surface area contributed by atoms with Crippen molar-refractivity contribution in [2.24, 2.45) is 0 Å². The van der Waals surface area contributed by atoms with Crippen molar-refractivity contribution in [3.8, 4) is 0 Å². The number of aryl methyl sites for hydroxylation is 2. The van der Waals surface area contributed by atoms with E-state index in [9.17, 15) is 0 Å². The molecule has 0 radical (unpaired) electrons. The summed E-state index contributed by atoms with van der Waals surface area (Å²) in [5.74, 6) is 0.779. The van der Waals surface area contributed by atoms with Crippen LogP contribution in [-0.2, 0) is 19.5 Å². The first-order valence-corrected chi connectivity index (χ1v) is 6.94. The van der Waals surface area contributed by atoms with Crippen LogP contribution in [0.3, 0.4) is 0 Å². The summed E-state index contributed by atoms with van der Waals surface area (Å²) in [6, 6.07) is 8.02. The van der Waals surface area contributed by atoms with Gasteiger partial charge in [0.25, 0.3) is 0 Å². The van der Waals surface area contributed by atoms with Gasteiger partial charge in [-0.25, -0.2) is 4.98 Å². The lowest BCUT2D eigenvalue weighted by molar-refractivity contribution is 0.538. The van der Waals surface area contributed by atoms with Gasteiger partial charge in [0.05, 0.1) is 12.2 Å². The number of hydrogen-bond donors (Lipinski definition) is 1. The van der Waals surface area contributed by atoms with E-state index in [1.54, 1.807) is 0 Å². The highest BCUT2D eigenvalue weighted by Gasteiger charge is 2.05. The Labute approximate surface area is 117 Å². The molecule has 0 aliphatic rings. The first-order chi connectivity index (χ1) is 9.80. The predicted octanol–water partition coefficient (Wildman–Crippen LogP) is 3.22. The summed E-state index contributed by atoms with van der Waals surface area (Å²) in [4.78, 5) is 4.45. The summed E-state index contributed by atoms with van der Waals surface area (Å²) >= 11 is 0. The zero-order chi connectivity index (χ0) is 13.9. The van der Waals surface area contributed by atoms with Crippen LogP contribution in [-0.4, -0.2) is 14.8 Å². The summed E-state index contributed by atoms with van der Waals surface area (Å²) in [7, 11) is 0. The normalized spacial score (nSPS) is 11.1. The third-order valence-electron chi connectivity index (χ3n) is 3.31.